The predicted molar refractivity (Wildman–Crippen MR) is 44.0 cm³/mol. The molecule has 1 rings (SSSR count). The lowest BCUT2D eigenvalue weighted by Crippen LogP contribution is -1.88. The third kappa shape index (κ3) is 2.37. The normalized spacial score (nSPS) is 10.6. The number of halogens is 1. The summed E-state index contributed by atoms with van der Waals surface area (Å²) in [6.07, 6.45) is 0. The van der Waals surface area contributed by atoms with Crippen molar-refractivity contribution >= 4 is 17.3 Å². The van der Waals surface area contributed by atoms with E-state index < -0.39 is 0 Å². The number of benzene rings is 1. The van der Waals surface area contributed by atoms with Crippen LogP contribution in [0.3, 0.4) is 0 Å². The Morgan fingerprint density at radius 3 is 2.25 bits per heavy atom. The molecule has 1 aromatic carbocycles. The van der Waals surface area contributed by atoms with Gasteiger partial charge in [0.2, 0.25) is 11.0 Å². The topological polar surface area (TPSA) is 93.7 Å². The van der Waals surface area contributed by atoms with E-state index in [0.717, 1.165) is 0 Å². The van der Waals surface area contributed by atoms with Crippen LogP contribution in [0.2, 0.25) is 5.02 Å². The first-order chi connectivity index (χ1) is 5.24. The van der Waals surface area contributed by atoms with Crippen LogP contribution in [-0.4, -0.2) is 10.1 Å². The van der Waals surface area contributed by atoms with E-state index in [1.165, 1.54) is 24.3 Å². The number of hydrogen-bond acceptors (Lipinski definition) is 3. The van der Waals surface area contributed by atoms with E-state index in [-0.39, 0.29) is 16.7 Å². The van der Waals surface area contributed by atoms with E-state index in [2.05, 4.69) is 5.28 Å². The Hall–Kier alpha value is -1.33. The van der Waals surface area contributed by atoms with Gasteiger partial charge in [-0.15, -0.1) is 0 Å². The average Bonchev–Trinajstić information content (AvgIpc) is 2.05. The number of nitrogens with zero attached hydrogens (tertiary/aromatic N) is 2. The Bertz CT molecular complexity index is 273. The van der Waals surface area contributed by atoms with Crippen LogP contribution in [0.4, 0.5) is 5.69 Å². The standard InChI is InChI=1S/C6H5ClN2O2.H3N/c7-5-1-3-6(4-2-5)9(11)8-10;/h1-4,10H;1H3. The number of hydrogen-bond donors (Lipinski definition) is 2. The third-order valence-electron chi connectivity index (χ3n) is 1.13. The maximum atomic E-state index is 10.6. The van der Waals surface area contributed by atoms with E-state index in [9.17, 15) is 5.21 Å². The summed E-state index contributed by atoms with van der Waals surface area (Å²) in [7, 11) is 0. The van der Waals surface area contributed by atoms with Gasteiger partial charge in [-0.3, -0.25) is 0 Å². The summed E-state index contributed by atoms with van der Waals surface area (Å²) < 4.78 is 0. The lowest BCUT2D eigenvalue weighted by atomic mass is 10.3. The fourth-order valence-electron chi connectivity index (χ4n) is 0.620. The van der Waals surface area contributed by atoms with Crippen molar-refractivity contribution < 1.29 is 10.1 Å². The van der Waals surface area contributed by atoms with E-state index in [0.29, 0.717) is 5.02 Å². The zero-order valence-corrected chi connectivity index (χ0v) is 6.90. The summed E-state index contributed by atoms with van der Waals surface area (Å²) in [6.45, 7) is 0. The van der Waals surface area contributed by atoms with Gasteiger partial charge >= 0.3 is 0 Å². The molecular formula is C6H8ClN3O2. The lowest BCUT2D eigenvalue weighted by Gasteiger charge is -1.94. The third-order valence-corrected chi connectivity index (χ3v) is 1.38. The minimum atomic E-state index is 0. The van der Waals surface area contributed by atoms with Gasteiger partial charge < -0.3 is 16.6 Å². The van der Waals surface area contributed by atoms with Crippen LogP contribution in [0.1, 0.15) is 0 Å². The maximum absolute atomic E-state index is 10.6. The molecule has 0 aliphatic carbocycles. The smallest absolute Gasteiger partial charge is 0.248 e. The molecule has 0 fully saturated rings. The average molecular weight is 190 g/mol. The summed E-state index contributed by atoms with van der Waals surface area (Å²) in [5.74, 6) is 0. The molecule has 0 aliphatic rings. The van der Waals surface area contributed by atoms with Gasteiger partial charge in [0.25, 0.3) is 0 Å². The molecule has 1 aromatic rings. The first-order valence-electron chi connectivity index (χ1n) is 2.82. The molecule has 0 heterocycles. The van der Waals surface area contributed by atoms with Gasteiger partial charge in [-0.25, -0.2) is 0 Å². The molecule has 5 nitrogen and oxygen atoms in total. The van der Waals surface area contributed by atoms with E-state index >= 15 is 0 Å². The van der Waals surface area contributed by atoms with E-state index in [4.69, 9.17) is 16.8 Å². The van der Waals surface area contributed by atoms with Crippen molar-refractivity contribution in [2.45, 2.75) is 0 Å². The molecule has 4 N–H and O–H groups in total. The van der Waals surface area contributed by atoms with Crippen molar-refractivity contribution in [3.63, 3.8) is 0 Å². The highest BCUT2D eigenvalue weighted by Gasteiger charge is 2.00. The molecule has 12 heavy (non-hydrogen) atoms. The second kappa shape index (κ2) is 4.53. The highest BCUT2D eigenvalue weighted by molar-refractivity contribution is 6.30. The summed E-state index contributed by atoms with van der Waals surface area (Å²) in [6, 6.07) is 5.98. The second-order valence-electron chi connectivity index (χ2n) is 1.84. The minimum Gasteiger partial charge on any atom is -0.592 e. The molecule has 0 amide bonds. The summed E-state index contributed by atoms with van der Waals surface area (Å²) in [4.78, 5) is 0.0936. The Balaban J connectivity index is 0.00000121. The van der Waals surface area contributed by atoms with E-state index in [1.807, 2.05) is 0 Å². The molecule has 6 heteroatoms. The lowest BCUT2D eigenvalue weighted by molar-refractivity contribution is -0.473. The fourth-order valence-corrected chi connectivity index (χ4v) is 0.746. The first-order valence-corrected chi connectivity index (χ1v) is 3.19. The molecule has 0 saturated carbocycles. The largest absolute Gasteiger partial charge is 0.592 e. The van der Waals surface area contributed by atoms with Crippen molar-refractivity contribution in [3.05, 3.63) is 34.5 Å². The highest BCUT2D eigenvalue weighted by Crippen LogP contribution is 2.15. The van der Waals surface area contributed by atoms with Gasteiger partial charge in [0.1, 0.15) is 0 Å². The monoisotopic (exact) mass is 189 g/mol. The van der Waals surface area contributed by atoms with Crippen LogP contribution >= 0.6 is 11.6 Å². The first kappa shape index (κ1) is 10.7. The quantitative estimate of drug-likeness (QED) is 0.404. The van der Waals surface area contributed by atoms with Gasteiger partial charge in [0.15, 0.2) is 0 Å². The van der Waals surface area contributed by atoms with Crippen molar-refractivity contribution in [2.75, 3.05) is 0 Å². The van der Waals surface area contributed by atoms with E-state index in [1.54, 1.807) is 0 Å². The summed E-state index contributed by atoms with van der Waals surface area (Å²) >= 11 is 5.55. The number of rotatable bonds is 1. The van der Waals surface area contributed by atoms with Crippen LogP contribution in [0.15, 0.2) is 29.5 Å². The van der Waals surface area contributed by atoms with Crippen LogP contribution in [0.5, 0.6) is 0 Å². The van der Waals surface area contributed by atoms with Crippen molar-refractivity contribution in [3.8, 4) is 0 Å². The van der Waals surface area contributed by atoms with Crippen LogP contribution in [-0.2, 0) is 0 Å². The molecular weight excluding hydrogens is 182 g/mol. The summed E-state index contributed by atoms with van der Waals surface area (Å²) in [5, 5.41) is 21.6. The summed E-state index contributed by atoms with van der Waals surface area (Å²) in [5.41, 5.74) is 0.233. The molecule has 0 aliphatic heterocycles. The van der Waals surface area contributed by atoms with Gasteiger partial charge in [0, 0.05) is 17.2 Å². The van der Waals surface area contributed by atoms with Gasteiger partial charge in [-0.05, 0) is 17.0 Å². The Morgan fingerprint density at radius 1 is 1.33 bits per heavy atom. The molecule has 0 saturated heterocycles. The van der Waals surface area contributed by atoms with Crippen molar-refractivity contribution in [1.29, 1.82) is 0 Å². The Morgan fingerprint density at radius 2 is 1.83 bits per heavy atom. The predicted octanol–water partition coefficient (Wildman–Crippen LogP) is 2.49. The fraction of sp³-hybridized carbons (Fsp3) is 0. The van der Waals surface area contributed by atoms with Crippen LogP contribution < -0.4 is 6.15 Å². The maximum Gasteiger partial charge on any atom is 0.248 e. The van der Waals surface area contributed by atoms with Gasteiger partial charge in [0.05, 0.1) is 0 Å². The zero-order valence-electron chi connectivity index (χ0n) is 6.14. The molecule has 66 valence electrons. The SMILES string of the molecule is N.[O-][N+](=NO)c1ccc(Cl)cc1. The molecule has 0 unspecified atom stereocenters. The van der Waals surface area contributed by atoms with Crippen LogP contribution in [0, 0.1) is 5.21 Å². The molecule has 0 bridgehead atoms. The van der Waals surface area contributed by atoms with Gasteiger partial charge in [-0.2, -0.15) is 0 Å². The zero-order chi connectivity index (χ0) is 8.27. The Labute approximate surface area is 74.0 Å². The molecule has 0 spiro atoms. The second-order valence-corrected chi connectivity index (χ2v) is 2.28. The Kier molecular flexibility index (Phi) is 4.03. The van der Waals surface area contributed by atoms with Crippen molar-refractivity contribution in [1.82, 2.24) is 6.15 Å². The van der Waals surface area contributed by atoms with Gasteiger partial charge in [-0.1, -0.05) is 11.6 Å². The molecule has 0 aromatic heterocycles. The minimum absolute atomic E-state index is 0. The molecule has 0 radical (unpaired) electrons. The van der Waals surface area contributed by atoms with Crippen molar-refractivity contribution in [2.24, 2.45) is 5.28 Å². The van der Waals surface area contributed by atoms with Crippen LogP contribution in [0.25, 0.3) is 0 Å². The highest BCUT2D eigenvalue weighted by atomic mass is 35.5. The molecule has 0 atom stereocenters.